The number of rotatable bonds is 2. The van der Waals surface area contributed by atoms with E-state index in [-0.39, 0.29) is 18.1 Å². The smallest absolute Gasteiger partial charge is 0.331 e. The van der Waals surface area contributed by atoms with E-state index >= 15 is 0 Å². The largest absolute Gasteiger partial charge is 0.478 e. The molecule has 64 valence electrons. The highest BCUT2D eigenvalue weighted by Gasteiger charge is 2.47. The van der Waals surface area contributed by atoms with Gasteiger partial charge >= 0.3 is 5.97 Å². The first-order valence-electron chi connectivity index (χ1n) is 3.94. The second-order valence-corrected chi connectivity index (χ2v) is 3.15. The molecule has 1 heterocycles. The van der Waals surface area contributed by atoms with Crippen LogP contribution >= 0.6 is 0 Å². The van der Waals surface area contributed by atoms with Crippen LogP contribution in [-0.4, -0.2) is 23.3 Å². The van der Waals surface area contributed by atoms with E-state index in [9.17, 15) is 4.79 Å². The van der Waals surface area contributed by atoms with Crippen molar-refractivity contribution in [3.63, 3.8) is 0 Å². The van der Waals surface area contributed by atoms with Crippen molar-refractivity contribution in [3.05, 3.63) is 24.3 Å². The van der Waals surface area contributed by atoms with Crippen molar-refractivity contribution in [3.8, 4) is 0 Å². The summed E-state index contributed by atoms with van der Waals surface area (Å²) < 4.78 is 5.28. The monoisotopic (exact) mass is 166 g/mol. The van der Waals surface area contributed by atoms with Crippen LogP contribution in [0, 0.1) is 5.92 Å². The summed E-state index contributed by atoms with van der Waals surface area (Å²) in [6.45, 7) is 3.64. The fourth-order valence-corrected chi connectivity index (χ4v) is 1.63. The van der Waals surface area contributed by atoms with Gasteiger partial charge in [0.15, 0.2) is 0 Å². The van der Waals surface area contributed by atoms with Crippen molar-refractivity contribution in [1.82, 2.24) is 0 Å². The van der Waals surface area contributed by atoms with Gasteiger partial charge < -0.3 is 9.84 Å². The minimum Gasteiger partial charge on any atom is -0.478 e. The van der Waals surface area contributed by atoms with Gasteiger partial charge in [-0.3, -0.25) is 0 Å². The Morgan fingerprint density at radius 1 is 1.83 bits per heavy atom. The molecule has 0 spiro atoms. The topological polar surface area (TPSA) is 49.8 Å². The SMILES string of the molecule is C=C[C@H]1C=C(C(=O)O)C[C@H]2O[C@@H]12. The highest BCUT2D eigenvalue weighted by Crippen LogP contribution is 2.40. The normalized spacial score (nSPS) is 38.0. The van der Waals surface area contributed by atoms with E-state index in [0.717, 1.165) is 0 Å². The number of fused-ring (bicyclic) bond motifs is 1. The van der Waals surface area contributed by atoms with Crippen molar-refractivity contribution in [1.29, 1.82) is 0 Å². The number of carbonyl (C=O) groups is 1. The van der Waals surface area contributed by atoms with E-state index < -0.39 is 5.97 Å². The molecule has 12 heavy (non-hydrogen) atoms. The highest BCUT2D eigenvalue weighted by molar-refractivity contribution is 5.87. The Bertz CT molecular complexity index is 267. The number of carboxylic acids is 1. The predicted molar refractivity (Wildman–Crippen MR) is 42.7 cm³/mol. The van der Waals surface area contributed by atoms with Crippen molar-refractivity contribution in [2.24, 2.45) is 5.92 Å². The second-order valence-electron chi connectivity index (χ2n) is 3.15. The second kappa shape index (κ2) is 2.45. The van der Waals surface area contributed by atoms with E-state index in [1.54, 1.807) is 12.2 Å². The van der Waals surface area contributed by atoms with Gasteiger partial charge in [-0.25, -0.2) is 4.79 Å². The van der Waals surface area contributed by atoms with Gasteiger partial charge in [-0.1, -0.05) is 12.2 Å². The molecule has 0 aromatic carbocycles. The predicted octanol–water partition coefficient (Wildman–Crippen LogP) is 0.971. The third-order valence-corrected chi connectivity index (χ3v) is 2.36. The fourth-order valence-electron chi connectivity index (χ4n) is 1.63. The maximum atomic E-state index is 10.6. The van der Waals surface area contributed by atoms with E-state index in [1.807, 2.05) is 0 Å². The molecule has 1 aliphatic heterocycles. The molecule has 1 aliphatic carbocycles. The van der Waals surface area contributed by atoms with E-state index in [2.05, 4.69) is 6.58 Å². The Morgan fingerprint density at radius 2 is 2.58 bits per heavy atom. The van der Waals surface area contributed by atoms with Gasteiger partial charge in [-0.2, -0.15) is 0 Å². The average Bonchev–Trinajstić information content (AvgIpc) is 2.80. The van der Waals surface area contributed by atoms with Gasteiger partial charge in [0.1, 0.15) is 0 Å². The third kappa shape index (κ3) is 1.06. The summed E-state index contributed by atoms with van der Waals surface area (Å²) in [7, 11) is 0. The lowest BCUT2D eigenvalue weighted by atomic mass is 9.91. The zero-order valence-electron chi connectivity index (χ0n) is 6.56. The van der Waals surface area contributed by atoms with Crippen LogP contribution < -0.4 is 0 Å². The minimum atomic E-state index is -0.837. The Labute approximate surface area is 70.3 Å². The van der Waals surface area contributed by atoms with Crippen molar-refractivity contribution in [2.75, 3.05) is 0 Å². The first-order valence-corrected chi connectivity index (χ1v) is 3.94. The van der Waals surface area contributed by atoms with Gasteiger partial charge in [0.25, 0.3) is 0 Å². The standard InChI is InChI=1S/C9H10O3/c1-2-5-3-6(9(10)11)4-7-8(5)12-7/h2-3,5,7-8H,1,4H2,(H,10,11)/t5-,7+,8-/m0/s1. The molecular formula is C9H10O3. The summed E-state index contributed by atoms with van der Waals surface area (Å²) in [5.74, 6) is -0.745. The molecule has 0 saturated carbocycles. The van der Waals surface area contributed by atoms with Crippen LogP contribution in [0.3, 0.4) is 0 Å². The van der Waals surface area contributed by atoms with E-state index in [0.29, 0.717) is 12.0 Å². The molecule has 3 atom stereocenters. The number of aliphatic carboxylic acids is 1. The van der Waals surface area contributed by atoms with Crippen molar-refractivity contribution in [2.45, 2.75) is 18.6 Å². The van der Waals surface area contributed by atoms with E-state index in [1.165, 1.54) is 0 Å². The Hall–Kier alpha value is -1.09. The van der Waals surface area contributed by atoms with Gasteiger partial charge in [-0.15, -0.1) is 6.58 Å². The summed E-state index contributed by atoms with van der Waals surface area (Å²) in [6, 6.07) is 0. The lowest BCUT2D eigenvalue weighted by Gasteiger charge is -2.10. The van der Waals surface area contributed by atoms with Crippen LogP contribution in [-0.2, 0) is 9.53 Å². The highest BCUT2D eigenvalue weighted by atomic mass is 16.6. The maximum Gasteiger partial charge on any atom is 0.331 e. The van der Waals surface area contributed by atoms with E-state index in [4.69, 9.17) is 9.84 Å². The molecule has 0 bridgehead atoms. The van der Waals surface area contributed by atoms with Crippen LogP contribution in [0.2, 0.25) is 0 Å². The molecule has 0 aromatic heterocycles. The zero-order chi connectivity index (χ0) is 8.72. The molecule has 3 heteroatoms. The number of ether oxygens (including phenoxy) is 1. The quantitative estimate of drug-likeness (QED) is 0.491. The molecule has 0 aromatic rings. The van der Waals surface area contributed by atoms with Crippen LogP contribution in [0.15, 0.2) is 24.3 Å². The minimum absolute atomic E-state index is 0.0925. The summed E-state index contributed by atoms with van der Waals surface area (Å²) in [5, 5.41) is 8.73. The number of carboxylic acid groups (broad SMARTS) is 1. The van der Waals surface area contributed by atoms with Crippen LogP contribution in [0.5, 0.6) is 0 Å². The summed E-state index contributed by atoms with van der Waals surface area (Å²) in [6.07, 6.45) is 4.36. The van der Waals surface area contributed by atoms with Crippen molar-refractivity contribution >= 4 is 5.97 Å². The molecule has 0 amide bonds. The Balaban J connectivity index is 2.20. The molecule has 0 unspecified atom stereocenters. The lowest BCUT2D eigenvalue weighted by Crippen LogP contribution is -2.16. The number of epoxide rings is 1. The van der Waals surface area contributed by atoms with Crippen molar-refractivity contribution < 1.29 is 14.6 Å². The summed E-state index contributed by atoms with van der Waals surface area (Å²) in [4.78, 5) is 10.6. The lowest BCUT2D eigenvalue weighted by molar-refractivity contribution is -0.132. The van der Waals surface area contributed by atoms with Gasteiger partial charge in [-0.05, 0) is 0 Å². The molecule has 2 rings (SSSR count). The van der Waals surface area contributed by atoms with Crippen LogP contribution in [0.1, 0.15) is 6.42 Å². The molecule has 0 radical (unpaired) electrons. The summed E-state index contributed by atoms with van der Waals surface area (Å²) >= 11 is 0. The third-order valence-electron chi connectivity index (χ3n) is 2.36. The van der Waals surface area contributed by atoms with Gasteiger partial charge in [0.05, 0.1) is 12.2 Å². The first-order chi connectivity index (χ1) is 5.72. The van der Waals surface area contributed by atoms with Gasteiger partial charge in [0.2, 0.25) is 0 Å². The molecule has 2 aliphatic rings. The first kappa shape index (κ1) is 7.55. The number of hydrogen-bond donors (Lipinski definition) is 1. The maximum absolute atomic E-state index is 10.6. The molecule has 1 N–H and O–H groups in total. The summed E-state index contributed by atoms with van der Waals surface area (Å²) in [5.41, 5.74) is 0.457. The molecular weight excluding hydrogens is 156 g/mol. The van der Waals surface area contributed by atoms with Gasteiger partial charge in [0, 0.05) is 17.9 Å². The number of hydrogen-bond acceptors (Lipinski definition) is 2. The fraction of sp³-hybridized carbons (Fsp3) is 0.444. The molecule has 1 saturated heterocycles. The van der Waals surface area contributed by atoms with Crippen LogP contribution in [0.25, 0.3) is 0 Å². The molecule has 1 fully saturated rings. The Morgan fingerprint density at radius 3 is 3.17 bits per heavy atom. The average molecular weight is 166 g/mol. The zero-order valence-corrected chi connectivity index (χ0v) is 6.56. The van der Waals surface area contributed by atoms with Crippen LogP contribution in [0.4, 0.5) is 0 Å². The Kier molecular flexibility index (Phi) is 1.54. The molecule has 3 nitrogen and oxygen atoms in total.